The quantitative estimate of drug-likeness (QED) is 0.770. The first kappa shape index (κ1) is 13.5. The molecule has 6 heteroatoms. The molecule has 0 bridgehead atoms. The molecule has 1 aromatic heterocycles. The van der Waals surface area contributed by atoms with Crippen LogP contribution in [0.4, 0.5) is 0 Å². The number of fused-ring (bicyclic) bond motifs is 1. The lowest BCUT2D eigenvalue weighted by Crippen LogP contribution is -2.19. The zero-order valence-electron chi connectivity index (χ0n) is 11.9. The third-order valence-corrected chi connectivity index (χ3v) is 4.28. The second-order valence-electron chi connectivity index (χ2n) is 5.53. The van der Waals surface area contributed by atoms with Gasteiger partial charge in [-0.05, 0) is 32.1 Å². The summed E-state index contributed by atoms with van der Waals surface area (Å²) in [5.74, 6) is 1.77. The standard InChI is InChI=1S/C14H21N3O3/c1-19-14(18)10-5-6-12-15-16-13(17(12)8-7-10)11-4-2-3-9-20-11/h10-11H,2-9H2,1H3. The van der Waals surface area contributed by atoms with E-state index in [9.17, 15) is 4.79 Å². The first-order chi connectivity index (χ1) is 9.79. The minimum Gasteiger partial charge on any atom is -0.469 e. The second-order valence-corrected chi connectivity index (χ2v) is 5.53. The third kappa shape index (κ3) is 2.57. The van der Waals surface area contributed by atoms with Crippen molar-refractivity contribution >= 4 is 5.97 Å². The summed E-state index contributed by atoms with van der Waals surface area (Å²) in [6.45, 7) is 1.58. The maximum Gasteiger partial charge on any atom is 0.308 e. The van der Waals surface area contributed by atoms with Crippen LogP contribution in [0.15, 0.2) is 0 Å². The van der Waals surface area contributed by atoms with Crippen molar-refractivity contribution in [2.24, 2.45) is 5.92 Å². The van der Waals surface area contributed by atoms with Gasteiger partial charge in [-0.2, -0.15) is 0 Å². The molecule has 3 rings (SSSR count). The number of carbonyl (C=O) groups is 1. The highest BCUT2D eigenvalue weighted by Gasteiger charge is 2.28. The molecule has 20 heavy (non-hydrogen) atoms. The molecule has 0 spiro atoms. The zero-order chi connectivity index (χ0) is 13.9. The second kappa shape index (κ2) is 5.91. The van der Waals surface area contributed by atoms with Crippen LogP contribution in [0.1, 0.15) is 49.9 Å². The Kier molecular flexibility index (Phi) is 4.00. The van der Waals surface area contributed by atoms with Gasteiger partial charge in [0.1, 0.15) is 11.9 Å². The summed E-state index contributed by atoms with van der Waals surface area (Å²) in [6.07, 6.45) is 5.74. The molecular weight excluding hydrogens is 258 g/mol. The Labute approximate surface area is 118 Å². The van der Waals surface area contributed by atoms with Crippen LogP contribution in [0, 0.1) is 5.92 Å². The van der Waals surface area contributed by atoms with Gasteiger partial charge in [0.15, 0.2) is 5.82 Å². The predicted molar refractivity (Wildman–Crippen MR) is 71.0 cm³/mol. The van der Waals surface area contributed by atoms with Crippen LogP contribution >= 0.6 is 0 Å². The molecule has 0 aromatic carbocycles. The van der Waals surface area contributed by atoms with Crippen LogP contribution in [-0.4, -0.2) is 34.5 Å². The minimum absolute atomic E-state index is 0.0261. The van der Waals surface area contributed by atoms with Crippen LogP contribution < -0.4 is 0 Å². The molecule has 2 unspecified atom stereocenters. The van der Waals surface area contributed by atoms with Crippen molar-refractivity contribution < 1.29 is 14.3 Å². The van der Waals surface area contributed by atoms with Crippen LogP contribution in [0.5, 0.6) is 0 Å². The van der Waals surface area contributed by atoms with Crippen LogP contribution in [0.25, 0.3) is 0 Å². The van der Waals surface area contributed by atoms with Crippen molar-refractivity contribution in [1.82, 2.24) is 14.8 Å². The molecule has 2 aliphatic rings. The van der Waals surface area contributed by atoms with E-state index in [2.05, 4.69) is 14.8 Å². The van der Waals surface area contributed by atoms with Gasteiger partial charge < -0.3 is 14.0 Å². The van der Waals surface area contributed by atoms with Gasteiger partial charge in [0.25, 0.3) is 0 Å². The van der Waals surface area contributed by atoms with Crippen molar-refractivity contribution in [3.05, 3.63) is 11.6 Å². The summed E-state index contributed by atoms with van der Waals surface area (Å²) in [5.41, 5.74) is 0. The summed E-state index contributed by atoms with van der Waals surface area (Å²) in [6, 6.07) is 0. The van der Waals surface area contributed by atoms with Gasteiger partial charge in [0.2, 0.25) is 0 Å². The molecule has 0 amide bonds. The molecule has 1 fully saturated rings. The molecule has 0 N–H and O–H groups in total. The number of aryl methyl sites for hydroxylation is 1. The first-order valence-electron chi connectivity index (χ1n) is 7.41. The van der Waals surface area contributed by atoms with E-state index in [1.54, 1.807) is 0 Å². The number of esters is 1. The van der Waals surface area contributed by atoms with Gasteiger partial charge >= 0.3 is 5.97 Å². The SMILES string of the molecule is COC(=O)C1CCc2nnc(C3CCCCO3)n2CC1. The van der Waals surface area contributed by atoms with Gasteiger partial charge in [0.05, 0.1) is 13.0 Å². The van der Waals surface area contributed by atoms with E-state index >= 15 is 0 Å². The molecule has 1 saturated heterocycles. The molecule has 3 heterocycles. The van der Waals surface area contributed by atoms with E-state index in [0.717, 1.165) is 56.9 Å². The average Bonchev–Trinajstić information content (AvgIpc) is 2.79. The Morgan fingerprint density at radius 3 is 2.95 bits per heavy atom. The van der Waals surface area contributed by atoms with Crippen molar-refractivity contribution in [2.45, 2.75) is 51.2 Å². The van der Waals surface area contributed by atoms with Crippen molar-refractivity contribution in [3.8, 4) is 0 Å². The lowest BCUT2D eigenvalue weighted by molar-refractivity contribution is -0.145. The molecule has 110 valence electrons. The Morgan fingerprint density at radius 1 is 1.30 bits per heavy atom. The predicted octanol–water partition coefficient (Wildman–Crippen LogP) is 1.65. The summed E-state index contributed by atoms with van der Waals surface area (Å²) in [4.78, 5) is 11.7. The van der Waals surface area contributed by atoms with E-state index in [1.807, 2.05) is 0 Å². The Bertz CT molecular complexity index is 480. The van der Waals surface area contributed by atoms with Gasteiger partial charge in [0, 0.05) is 19.6 Å². The number of methoxy groups -OCH3 is 1. The fraction of sp³-hybridized carbons (Fsp3) is 0.786. The highest BCUT2D eigenvalue weighted by molar-refractivity contribution is 5.72. The molecule has 6 nitrogen and oxygen atoms in total. The molecule has 2 atom stereocenters. The fourth-order valence-corrected chi connectivity index (χ4v) is 3.10. The van der Waals surface area contributed by atoms with E-state index in [0.29, 0.717) is 0 Å². The molecule has 0 saturated carbocycles. The number of nitrogens with zero attached hydrogens (tertiary/aromatic N) is 3. The lowest BCUT2D eigenvalue weighted by Gasteiger charge is -2.22. The Balaban J connectivity index is 1.76. The lowest BCUT2D eigenvalue weighted by atomic mass is 10.0. The monoisotopic (exact) mass is 279 g/mol. The van der Waals surface area contributed by atoms with Gasteiger partial charge in [-0.25, -0.2) is 0 Å². The maximum absolute atomic E-state index is 11.7. The van der Waals surface area contributed by atoms with E-state index < -0.39 is 0 Å². The number of hydrogen-bond acceptors (Lipinski definition) is 5. The van der Waals surface area contributed by atoms with E-state index in [1.165, 1.54) is 13.5 Å². The smallest absolute Gasteiger partial charge is 0.308 e. The first-order valence-corrected chi connectivity index (χ1v) is 7.41. The molecule has 2 aliphatic heterocycles. The van der Waals surface area contributed by atoms with Crippen LogP contribution in [0.3, 0.4) is 0 Å². The topological polar surface area (TPSA) is 66.2 Å². The molecule has 0 radical (unpaired) electrons. The largest absolute Gasteiger partial charge is 0.469 e. The number of rotatable bonds is 2. The van der Waals surface area contributed by atoms with Gasteiger partial charge in [-0.15, -0.1) is 10.2 Å². The highest BCUT2D eigenvalue weighted by atomic mass is 16.5. The summed E-state index contributed by atoms with van der Waals surface area (Å²) in [7, 11) is 1.45. The Hall–Kier alpha value is -1.43. The number of aromatic nitrogens is 3. The number of ether oxygens (including phenoxy) is 2. The molecular formula is C14H21N3O3. The minimum atomic E-state index is -0.112. The maximum atomic E-state index is 11.7. The van der Waals surface area contributed by atoms with Gasteiger partial charge in [-0.1, -0.05) is 0 Å². The number of hydrogen-bond donors (Lipinski definition) is 0. The van der Waals surface area contributed by atoms with Crippen molar-refractivity contribution in [3.63, 3.8) is 0 Å². The Morgan fingerprint density at radius 2 is 2.20 bits per heavy atom. The van der Waals surface area contributed by atoms with Crippen LogP contribution in [0.2, 0.25) is 0 Å². The highest BCUT2D eigenvalue weighted by Crippen LogP contribution is 2.29. The molecule has 0 aliphatic carbocycles. The average molecular weight is 279 g/mol. The summed E-state index contributed by atoms with van der Waals surface area (Å²) < 4.78 is 12.8. The zero-order valence-corrected chi connectivity index (χ0v) is 11.9. The number of carbonyl (C=O) groups excluding carboxylic acids is 1. The summed E-state index contributed by atoms with van der Waals surface area (Å²) >= 11 is 0. The van der Waals surface area contributed by atoms with E-state index in [4.69, 9.17) is 9.47 Å². The molecule has 1 aromatic rings. The van der Waals surface area contributed by atoms with Crippen LogP contribution in [-0.2, 0) is 27.2 Å². The summed E-state index contributed by atoms with van der Waals surface area (Å²) in [5, 5.41) is 8.62. The van der Waals surface area contributed by atoms with Gasteiger partial charge in [-0.3, -0.25) is 4.79 Å². The normalized spacial score (nSPS) is 26.6. The van der Waals surface area contributed by atoms with Crippen molar-refractivity contribution in [1.29, 1.82) is 0 Å². The third-order valence-electron chi connectivity index (χ3n) is 4.28. The van der Waals surface area contributed by atoms with E-state index in [-0.39, 0.29) is 18.0 Å². The fourth-order valence-electron chi connectivity index (χ4n) is 3.10. The van der Waals surface area contributed by atoms with Crippen molar-refractivity contribution in [2.75, 3.05) is 13.7 Å².